The third kappa shape index (κ3) is 3.16. The molecular formula is C12H18ClN5O2. The number of aromatic nitrogens is 2. The Hall–Kier alpha value is -1.47. The molecule has 0 aromatic carbocycles. The van der Waals surface area contributed by atoms with Crippen LogP contribution in [0, 0.1) is 10.1 Å². The first-order chi connectivity index (χ1) is 9.52. The van der Waals surface area contributed by atoms with E-state index in [0.29, 0.717) is 5.82 Å². The maximum absolute atomic E-state index is 11.2. The standard InChI is InChI=1S/C12H18ClN5O2/c1-3-9-8-16(2)5-4-6-17(9)11-10(18(19)20)7-14-12(13)15-11/h7,9H,3-6,8H2,1-2H3. The molecule has 1 fully saturated rings. The van der Waals surface area contributed by atoms with Crippen molar-refractivity contribution in [3.63, 3.8) is 0 Å². The highest BCUT2D eigenvalue weighted by atomic mass is 35.5. The summed E-state index contributed by atoms with van der Waals surface area (Å²) in [5.74, 6) is 0.331. The summed E-state index contributed by atoms with van der Waals surface area (Å²) in [6.07, 6.45) is 3.01. The van der Waals surface area contributed by atoms with Gasteiger partial charge in [-0.1, -0.05) is 6.92 Å². The molecule has 1 aromatic heterocycles. The van der Waals surface area contributed by atoms with Crippen molar-refractivity contribution < 1.29 is 4.92 Å². The van der Waals surface area contributed by atoms with Crippen LogP contribution in [0.1, 0.15) is 19.8 Å². The molecule has 2 rings (SSSR count). The predicted molar refractivity (Wildman–Crippen MR) is 77.2 cm³/mol. The van der Waals surface area contributed by atoms with Gasteiger partial charge in [-0.25, -0.2) is 4.98 Å². The normalized spacial score (nSPS) is 20.8. The van der Waals surface area contributed by atoms with Gasteiger partial charge in [0.2, 0.25) is 11.1 Å². The first-order valence-electron chi connectivity index (χ1n) is 6.65. The summed E-state index contributed by atoms with van der Waals surface area (Å²) in [6.45, 7) is 4.64. The van der Waals surface area contributed by atoms with Crippen LogP contribution in [-0.4, -0.2) is 52.5 Å². The number of halogens is 1. The number of likely N-dealkylation sites (N-methyl/N-ethyl adjacent to an activating group) is 1. The molecule has 110 valence electrons. The van der Waals surface area contributed by atoms with Crippen molar-refractivity contribution in [2.24, 2.45) is 0 Å². The quantitative estimate of drug-likeness (QED) is 0.482. The Morgan fingerprint density at radius 2 is 2.30 bits per heavy atom. The second kappa shape index (κ2) is 6.32. The summed E-state index contributed by atoms with van der Waals surface area (Å²) in [5.41, 5.74) is -0.0857. The molecule has 1 saturated heterocycles. The third-order valence-corrected chi connectivity index (χ3v) is 3.74. The van der Waals surface area contributed by atoms with Gasteiger partial charge < -0.3 is 9.80 Å². The largest absolute Gasteiger partial charge is 0.346 e. The molecule has 1 atom stereocenters. The van der Waals surface area contributed by atoms with E-state index in [4.69, 9.17) is 11.6 Å². The van der Waals surface area contributed by atoms with Gasteiger partial charge in [0.15, 0.2) is 0 Å². The molecule has 0 bridgehead atoms. The van der Waals surface area contributed by atoms with Crippen LogP contribution in [0.25, 0.3) is 0 Å². The van der Waals surface area contributed by atoms with Crippen molar-refractivity contribution in [3.05, 3.63) is 21.6 Å². The lowest BCUT2D eigenvalue weighted by molar-refractivity contribution is -0.384. The molecule has 0 N–H and O–H groups in total. The molecule has 0 radical (unpaired) electrons. The van der Waals surface area contributed by atoms with E-state index in [0.717, 1.165) is 32.5 Å². The molecule has 20 heavy (non-hydrogen) atoms. The van der Waals surface area contributed by atoms with Crippen LogP contribution in [0.3, 0.4) is 0 Å². The maximum atomic E-state index is 11.2. The molecule has 1 aromatic rings. The summed E-state index contributed by atoms with van der Waals surface area (Å²) >= 11 is 5.82. The lowest BCUT2D eigenvalue weighted by Crippen LogP contribution is -2.40. The average Bonchev–Trinajstić information content (AvgIpc) is 2.59. The minimum atomic E-state index is -0.451. The first kappa shape index (κ1) is 14.9. The summed E-state index contributed by atoms with van der Waals surface area (Å²) in [6, 6.07) is 0.187. The van der Waals surface area contributed by atoms with Crippen molar-refractivity contribution in [1.29, 1.82) is 0 Å². The van der Waals surface area contributed by atoms with E-state index in [1.54, 1.807) is 0 Å². The highest BCUT2D eigenvalue weighted by molar-refractivity contribution is 6.28. The molecular weight excluding hydrogens is 282 g/mol. The second-order valence-corrected chi connectivity index (χ2v) is 5.31. The van der Waals surface area contributed by atoms with Crippen molar-refractivity contribution in [2.45, 2.75) is 25.8 Å². The predicted octanol–water partition coefficient (Wildman–Crippen LogP) is 1.96. The number of nitrogens with zero attached hydrogens (tertiary/aromatic N) is 5. The van der Waals surface area contributed by atoms with Crippen LogP contribution in [0.4, 0.5) is 11.5 Å². The van der Waals surface area contributed by atoms with Gasteiger partial charge in [0, 0.05) is 19.1 Å². The zero-order chi connectivity index (χ0) is 14.7. The van der Waals surface area contributed by atoms with Crippen LogP contribution in [0.5, 0.6) is 0 Å². The summed E-state index contributed by atoms with van der Waals surface area (Å²) in [7, 11) is 2.06. The Balaban J connectivity index is 2.41. The van der Waals surface area contributed by atoms with Crippen molar-refractivity contribution in [1.82, 2.24) is 14.9 Å². The Labute approximate surface area is 122 Å². The lowest BCUT2D eigenvalue weighted by Gasteiger charge is -2.30. The minimum Gasteiger partial charge on any atom is -0.346 e. The smallest absolute Gasteiger partial charge is 0.329 e. The fourth-order valence-electron chi connectivity index (χ4n) is 2.56. The van der Waals surface area contributed by atoms with E-state index >= 15 is 0 Å². The number of rotatable bonds is 3. The number of hydrogen-bond acceptors (Lipinski definition) is 6. The molecule has 8 heteroatoms. The molecule has 1 aliphatic rings. The lowest BCUT2D eigenvalue weighted by atomic mass is 10.2. The van der Waals surface area contributed by atoms with E-state index in [1.165, 1.54) is 6.20 Å². The minimum absolute atomic E-state index is 0.0399. The van der Waals surface area contributed by atoms with Crippen LogP contribution in [0.15, 0.2) is 6.20 Å². The highest BCUT2D eigenvalue weighted by Gasteiger charge is 2.29. The van der Waals surface area contributed by atoms with Crippen LogP contribution >= 0.6 is 11.6 Å². The fraction of sp³-hybridized carbons (Fsp3) is 0.667. The molecule has 0 aliphatic carbocycles. The van der Waals surface area contributed by atoms with Gasteiger partial charge in [0.25, 0.3) is 0 Å². The van der Waals surface area contributed by atoms with E-state index in [9.17, 15) is 10.1 Å². The first-order valence-corrected chi connectivity index (χ1v) is 7.02. The van der Waals surface area contributed by atoms with E-state index < -0.39 is 4.92 Å². The topological polar surface area (TPSA) is 75.4 Å². The molecule has 0 saturated carbocycles. The van der Waals surface area contributed by atoms with E-state index in [1.807, 2.05) is 4.90 Å². The van der Waals surface area contributed by atoms with Gasteiger partial charge in [-0.2, -0.15) is 4.98 Å². The Bertz CT molecular complexity index is 499. The molecule has 1 aliphatic heterocycles. The highest BCUT2D eigenvalue weighted by Crippen LogP contribution is 2.29. The van der Waals surface area contributed by atoms with E-state index in [-0.39, 0.29) is 17.0 Å². The monoisotopic (exact) mass is 299 g/mol. The molecule has 2 heterocycles. The van der Waals surface area contributed by atoms with Gasteiger partial charge in [0.05, 0.1) is 4.92 Å². The Kier molecular flexibility index (Phi) is 4.72. The fourth-order valence-corrected chi connectivity index (χ4v) is 2.69. The Morgan fingerprint density at radius 3 is 2.95 bits per heavy atom. The maximum Gasteiger partial charge on any atom is 0.329 e. The molecule has 0 spiro atoms. The van der Waals surface area contributed by atoms with Gasteiger partial charge in [-0.15, -0.1) is 0 Å². The molecule has 0 amide bonds. The zero-order valence-corrected chi connectivity index (χ0v) is 12.4. The van der Waals surface area contributed by atoms with Gasteiger partial charge in [0.1, 0.15) is 6.20 Å². The number of hydrogen-bond donors (Lipinski definition) is 0. The van der Waals surface area contributed by atoms with Crippen molar-refractivity contribution >= 4 is 23.1 Å². The average molecular weight is 300 g/mol. The van der Waals surface area contributed by atoms with Gasteiger partial charge in [-0.05, 0) is 38.0 Å². The SMILES string of the molecule is CCC1CN(C)CCCN1c1nc(Cl)ncc1[N+](=O)[O-]. The number of anilines is 1. The third-order valence-electron chi connectivity index (χ3n) is 3.56. The van der Waals surface area contributed by atoms with Crippen LogP contribution < -0.4 is 4.90 Å². The van der Waals surface area contributed by atoms with Crippen LogP contribution in [0.2, 0.25) is 5.28 Å². The molecule has 1 unspecified atom stereocenters. The zero-order valence-electron chi connectivity index (χ0n) is 11.6. The van der Waals surface area contributed by atoms with Crippen LogP contribution in [-0.2, 0) is 0 Å². The van der Waals surface area contributed by atoms with Gasteiger partial charge >= 0.3 is 5.69 Å². The second-order valence-electron chi connectivity index (χ2n) is 4.98. The molecule has 7 nitrogen and oxygen atoms in total. The van der Waals surface area contributed by atoms with Gasteiger partial charge in [-0.3, -0.25) is 10.1 Å². The van der Waals surface area contributed by atoms with E-state index in [2.05, 4.69) is 28.8 Å². The summed E-state index contributed by atoms with van der Waals surface area (Å²) < 4.78 is 0. The van der Waals surface area contributed by atoms with Crippen molar-refractivity contribution in [2.75, 3.05) is 31.6 Å². The summed E-state index contributed by atoms with van der Waals surface area (Å²) in [5, 5.41) is 11.2. The number of nitro groups is 1. The Morgan fingerprint density at radius 1 is 1.55 bits per heavy atom. The van der Waals surface area contributed by atoms with Crippen molar-refractivity contribution in [3.8, 4) is 0 Å². The summed E-state index contributed by atoms with van der Waals surface area (Å²) in [4.78, 5) is 22.8.